The average molecular weight is 497 g/mol. The second-order valence-corrected chi connectivity index (χ2v) is 9.23. The number of benzene rings is 2. The molecule has 2 aliphatic rings. The minimum Gasteiger partial charge on any atom is -0.398 e. The van der Waals surface area contributed by atoms with Gasteiger partial charge in [0.25, 0.3) is 6.26 Å². The second-order valence-electron chi connectivity index (χ2n) is 9.23. The number of nitrogens with two attached hydrogens (primary N) is 1. The summed E-state index contributed by atoms with van der Waals surface area (Å²) < 4.78 is 5.21. The predicted molar refractivity (Wildman–Crippen MR) is 143 cm³/mol. The highest BCUT2D eigenvalue weighted by atomic mass is 16.5. The molecular formula is C31H24N6O. The third-order valence-electron chi connectivity index (χ3n) is 7.08. The van der Waals surface area contributed by atoms with E-state index < -0.39 is 0 Å². The maximum Gasteiger partial charge on any atom is 0.292 e. The standard InChI is InChI=1S/C16H11N3O.C15H13N3/c17-9-13-8-12(6-7-19-13)15-5-4-11-2-1-3-14(11)16(15)20-10-18;16-9-12-8-11(6-7-18-12)14-5-4-10-2-1-3-13(10)15(14)17/h4-8H,1-3H2;4-8H,1-3,17H2. The highest BCUT2D eigenvalue weighted by Crippen LogP contribution is 2.39. The van der Waals surface area contributed by atoms with E-state index in [1.807, 2.05) is 24.3 Å². The number of anilines is 1. The van der Waals surface area contributed by atoms with Crippen LogP contribution in [-0.2, 0) is 25.7 Å². The van der Waals surface area contributed by atoms with Gasteiger partial charge < -0.3 is 10.5 Å². The highest BCUT2D eigenvalue weighted by Gasteiger charge is 2.21. The van der Waals surface area contributed by atoms with E-state index in [1.165, 1.54) is 23.1 Å². The molecule has 0 aliphatic heterocycles. The molecule has 0 unspecified atom stereocenters. The third kappa shape index (κ3) is 4.76. The van der Waals surface area contributed by atoms with Gasteiger partial charge in [0.05, 0.1) is 0 Å². The summed E-state index contributed by atoms with van der Waals surface area (Å²) in [6.45, 7) is 0. The Balaban J connectivity index is 0.000000156. The molecule has 2 aromatic heterocycles. The number of aromatic nitrogens is 2. The van der Waals surface area contributed by atoms with Gasteiger partial charge in [0, 0.05) is 29.2 Å². The molecule has 7 nitrogen and oxygen atoms in total. The van der Waals surface area contributed by atoms with Crippen molar-refractivity contribution in [2.45, 2.75) is 38.5 Å². The van der Waals surface area contributed by atoms with Crippen molar-refractivity contribution in [3.63, 3.8) is 0 Å². The maximum atomic E-state index is 8.94. The zero-order valence-corrected chi connectivity index (χ0v) is 20.7. The minimum atomic E-state index is 0.353. The fraction of sp³-hybridized carbons (Fsp3) is 0.194. The van der Waals surface area contributed by atoms with Crippen molar-refractivity contribution in [3.05, 3.63) is 94.6 Å². The van der Waals surface area contributed by atoms with Gasteiger partial charge in [-0.25, -0.2) is 9.97 Å². The number of hydrogen-bond donors (Lipinski definition) is 1. The van der Waals surface area contributed by atoms with E-state index in [9.17, 15) is 0 Å². The van der Waals surface area contributed by atoms with E-state index >= 15 is 0 Å². The molecule has 7 heteroatoms. The molecule has 6 rings (SSSR count). The third-order valence-corrected chi connectivity index (χ3v) is 7.08. The number of hydrogen-bond acceptors (Lipinski definition) is 7. The molecule has 0 radical (unpaired) electrons. The van der Waals surface area contributed by atoms with Crippen molar-refractivity contribution in [2.75, 3.05) is 5.73 Å². The molecule has 0 saturated heterocycles. The Kier molecular flexibility index (Phi) is 6.98. The fourth-order valence-corrected chi connectivity index (χ4v) is 5.29. The van der Waals surface area contributed by atoms with Gasteiger partial charge in [0.15, 0.2) is 5.75 Å². The van der Waals surface area contributed by atoms with Crippen molar-refractivity contribution in [1.29, 1.82) is 15.8 Å². The van der Waals surface area contributed by atoms with Crippen LogP contribution >= 0.6 is 0 Å². The van der Waals surface area contributed by atoms with Crippen molar-refractivity contribution < 1.29 is 4.74 Å². The Hall–Kier alpha value is -5.19. The van der Waals surface area contributed by atoms with E-state index in [4.69, 9.17) is 26.3 Å². The van der Waals surface area contributed by atoms with Crippen LogP contribution in [0.5, 0.6) is 5.75 Å². The Morgan fingerprint density at radius 1 is 0.684 bits per heavy atom. The normalized spacial score (nSPS) is 12.7. The lowest BCUT2D eigenvalue weighted by Gasteiger charge is -2.11. The molecule has 0 atom stereocenters. The lowest BCUT2D eigenvalue weighted by molar-refractivity contribution is 0.503. The molecule has 2 aliphatic carbocycles. The topological polar surface area (TPSA) is 132 Å². The molecule has 0 amide bonds. The quantitative estimate of drug-likeness (QED) is 0.286. The van der Waals surface area contributed by atoms with Gasteiger partial charge in [0.1, 0.15) is 23.5 Å². The number of pyridine rings is 2. The number of nitrogens with zero attached hydrogens (tertiary/aromatic N) is 5. The minimum absolute atomic E-state index is 0.353. The highest BCUT2D eigenvalue weighted by molar-refractivity contribution is 5.80. The Bertz CT molecular complexity index is 1650. The lowest BCUT2D eigenvalue weighted by Crippen LogP contribution is -1.97. The van der Waals surface area contributed by atoms with Crippen LogP contribution in [0, 0.1) is 34.2 Å². The van der Waals surface area contributed by atoms with Crippen molar-refractivity contribution in [1.82, 2.24) is 9.97 Å². The SMILES string of the molecule is N#COc1c(-c2ccnc(C#N)c2)ccc2c1CCC2.N#Cc1cc(-c2ccc3c(c2N)CCC3)ccn1. The molecule has 2 heterocycles. The first-order valence-corrected chi connectivity index (χ1v) is 12.5. The van der Waals surface area contributed by atoms with Crippen LogP contribution in [0.1, 0.15) is 46.5 Å². The average Bonchev–Trinajstić information content (AvgIpc) is 3.64. The first-order valence-electron chi connectivity index (χ1n) is 12.5. The van der Waals surface area contributed by atoms with E-state index in [1.54, 1.807) is 30.8 Å². The predicted octanol–water partition coefficient (Wildman–Crippen LogP) is 5.66. The molecule has 2 aromatic carbocycles. The number of ether oxygens (including phenoxy) is 1. The van der Waals surface area contributed by atoms with Crippen LogP contribution in [0.3, 0.4) is 0 Å². The van der Waals surface area contributed by atoms with Crippen LogP contribution in [0.2, 0.25) is 0 Å². The number of aryl methyl sites for hydroxylation is 2. The van der Waals surface area contributed by atoms with Crippen LogP contribution in [0.15, 0.2) is 60.9 Å². The van der Waals surface area contributed by atoms with Gasteiger partial charge in [-0.1, -0.05) is 24.3 Å². The molecule has 0 spiro atoms. The summed E-state index contributed by atoms with van der Waals surface area (Å²) in [6, 6.07) is 19.5. The van der Waals surface area contributed by atoms with E-state index in [0.717, 1.165) is 65.6 Å². The summed E-state index contributed by atoms with van der Waals surface area (Å²) in [5, 5.41) is 26.7. The summed E-state index contributed by atoms with van der Waals surface area (Å²) in [5.74, 6) is 0.623. The molecule has 0 fully saturated rings. The van der Waals surface area contributed by atoms with E-state index in [0.29, 0.717) is 17.1 Å². The maximum absolute atomic E-state index is 8.94. The Labute approximate surface area is 221 Å². The zero-order valence-electron chi connectivity index (χ0n) is 20.7. The monoisotopic (exact) mass is 496 g/mol. The van der Waals surface area contributed by atoms with Crippen LogP contribution < -0.4 is 10.5 Å². The molecule has 4 aromatic rings. The summed E-state index contributed by atoms with van der Waals surface area (Å²) in [4.78, 5) is 7.95. The molecule has 38 heavy (non-hydrogen) atoms. The van der Waals surface area contributed by atoms with Crippen LogP contribution in [0.4, 0.5) is 5.69 Å². The van der Waals surface area contributed by atoms with Crippen LogP contribution in [0.25, 0.3) is 22.3 Å². The van der Waals surface area contributed by atoms with Gasteiger partial charge in [-0.05, 0) is 96.2 Å². The molecular weight excluding hydrogens is 472 g/mol. The van der Waals surface area contributed by atoms with Crippen molar-refractivity contribution in [3.8, 4) is 46.4 Å². The Morgan fingerprint density at radius 3 is 1.84 bits per heavy atom. The number of nitriles is 3. The fourth-order valence-electron chi connectivity index (χ4n) is 5.29. The van der Waals surface area contributed by atoms with E-state index in [2.05, 4.69) is 34.2 Å². The van der Waals surface area contributed by atoms with Crippen molar-refractivity contribution >= 4 is 5.69 Å². The first kappa shape index (κ1) is 24.5. The van der Waals surface area contributed by atoms with Gasteiger partial charge in [-0.15, -0.1) is 5.26 Å². The number of nitrogen functional groups attached to an aromatic ring is 1. The van der Waals surface area contributed by atoms with E-state index in [-0.39, 0.29) is 0 Å². The largest absolute Gasteiger partial charge is 0.398 e. The first-order chi connectivity index (χ1) is 18.6. The number of fused-ring (bicyclic) bond motifs is 2. The molecule has 2 N–H and O–H groups in total. The second kappa shape index (κ2) is 10.8. The van der Waals surface area contributed by atoms with Gasteiger partial charge >= 0.3 is 0 Å². The van der Waals surface area contributed by atoms with Crippen LogP contribution in [-0.4, -0.2) is 9.97 Å². The molecule has 0 bridgehead atoms. The van der Waals surface area contributed by atoms with Gasteiger partial charge in [-0.3, -0.25) is 0 Å². The van der Waals surface area contributed by atoms with Gasteiger partial charge in [0.2, 0.25) is 0 Å². The van der Waals surface area contributed by atoms with Gasteiger partial charge in [-0.2, -0.15) is 10.5 Å². The smallest absolute Gasteiger partial charge is 0.292 e. The summed E-state index contributed by atoms with van der Waals surface area (Å²) in [5.41, 5.74) is 16.6. The lowest BCUT2D eigenvalue weighted by atomic mass is 9.98. The molecule has 184 valence electrons. The summed E-state index contributed by atoms with van der Waals surface area (Å²) in [6.07, 6.45) is 11.4. The summed E-state index contributed by atoms with van der Waals surface area (Å²) in [7, 11) is 0. The van der Waals surface area contributed by atoms with Crippen molar-refractivity contribution in [2.24, 2.45) is 0 Å². The number of rotatable bonds is 3. The Morgan fingerprint density at radius 2 is 1.24 bits per heavy atom. The summed E-state index contributed by atoms with van der Waals surface area (Å²) >= 11 is 0. The molecule has 0 saturated carbocycles. The zero-order chi connectivity index (χ0) is 26.5.